The molecule has 2 aromatic rings. The van der Waals surface area contributed by atoms with Crippen molar-refractivity contribution in [1.82, 2.24) is 10.1 Å². The maximum absolute atomic E-state index is 10.5. The second-order valence-electron chi connectivity index (χ2n) is 3.35. The van der Waals surface area contributed by atoms with Crippen molar-refractivity contribution < 1.29 is 19.2 Å². The van der Waals surface area contributed by atoms with Gasteiger partial charge in [-0.3, -0.25) is 4.79 Å². The molecule has 0 aliphatic rings. The van der Waals surface area contributed by atoms with Gasteiger partial charge in [-0.25, -0.2) is 0 Å². The van der Waals surface area contributed by atoms with Crippen molar-refractivity contribution in [3.8, 4) is 5.75 Å². The standard InChI is InChI=1S/C11H10N2O4/c14-11(15)5-8-1-3-9(4-2-8)16-6-10-12-7-17-13-10/h1-4,7H,5-6H2,(H,14,15). The summed E-state index contributed by atoms with van der Waals surface area (Å²) in [7, 11) is 0. The summed E-state index contributed by atoms with van der Waals surface area (Å²) in [6, 6.07) is 6.83. The fourth-order valence-corrected chi connectivity index (χ4v) is 1.28. The lowest BCUT2D eigenvalue weighted by molar-refractivity contribution is -0.136. The molecule has 1 aromatic carbocycles. The Labute approximate surface area is 96.8 Å². The highest BCUT2D eigenvalue weighted by atomic mass is 16.5. The summed E-state index contributed by atoms with van der Waals surface area (Å²) in [5.41, 5.74) is 0.726. The van der Waals surface area contributed by atoms with Gasteiger partial charge in [0.05, 0.1) is 6.42 Å². The monoisotopic (exact) mass is 234 g/mol. The lowest BCUT2D eigenvalue weighted by Gasteiger charge is -2.03. The van der Waals surface area contributed by atoms with Gasteiger partial charge in [0.2, 0.25) is 12.2 Å². The fraction of sp³-hybridized carbons (Fsp3) is 0.182. The van der Waals surface area contributed by atoms with Gasteiger partial charge in [0.15, 0.2) is 6.61 Å². The highest BCUT2D eigenvalue weighted by Crippen LogP contribution is 2.13. The highest BCUT2D eigenvalue weighted by molar-refractivity contribution is 5.70. The highest BCUT2D eigenvalue weighted by Gasteiger charge is 2.02. The number of benzene rings is 1. The van der Waals surface area contributed by atoms with E-state index in [1.165, 1.54) is 6.39 Å². The summed E-state index contributed by atoms with van der Waals surface area (Å²) >= 11 is 0. The van der Waals surface area contributed by atoms with Crippen LogP contribution in [0.3, 0.4) is 0 Å². The molecule has 6 nitrogen and oxygen atoms in total. The molecule has 0 spiro atoms. The average Bonchev–Trinajstić information content (AvgIpc) is 2.80. The molecule has 1 aromatic heterocycles. The lowest BCUT2D eigenvalue weighted by atomic mass is 10.1. The largest absolute Gasteiger partial charge is 0.485 e. The van der Waals surface area contributed by atoms with Crippen molar-refractivity contribution in [2.24, 2.45) is 0 Å². The third kappa shape index (κ3) is 3.30. The topological polar surface area (TPSA) is 85.5 Å². The Morgan fingerprint density at radius 1 is 1.35 bits per heavy atom. The van der Waals surface area contributed by atoms with E-state index in [4.69, 9.17) is 9.84 Å². The number of carboxylic acid groups (broad SMARTS) is 1. The van der Waals surface area contributed by atoms with E-state index in [0.717, 1.165) is 5.56 Å². The number of hydrogen-bond acceptors (Lipinski definition) is 5. The second-order valence-corrected chi connectivity index (χ2v) is 3.35. The summed E-state index contributed by atoms with van der Waals surface area (Å²) < 4.78 is 9.94. The second kappa shape index (κ2) is 5.11. The molecule has 0 unspecified atom stereocenters. The Bertz CT molecular complexity index is 479. The first-order valence-corrected chi connectivity index (χ1v) is 4.93. The molecule has 88 valence electrons. The van der Waals surface area contributed by atoms with Crippen LogP contribution < -0.4 is 4.74 Å². The van der Waals surface area contributed by atoms with Crippen LogP contribution in [0, 0.1) is 0 Å². The van der Waals surface area contributed by atoms with Gasteiger partial charge in [-0.1, -0.05) is 17.3 Å². The summed E-state index contributed by atoms with van der Waals surface area (Å²) in [4.78, 5) is 14.3. The number of aromatic nitrogens is 2. The molecule has 6 heteroatoms. The van der Waals surface area contributed by atoms with Crippen molar-refractivity contribution >= 4 is 5.97 Å². The molecule has 0 aliphatic carbocycles. The quantitative estimate of drug-likeness (QED) is 0.838. The molecule has 0 atom stereocenters. The average molecular weight is 234 g/mol. The van der Waals surface area contributed by atoms with Gasteiger partial charge < -0.3 is 14.4 Å². The SMILES string of the molecule is O=C(O)Cc1ccc(OCc2ncon2)cc1. The van der Waals surface area contributed by atoms with Gasteiger partial charge in [-0.2, -0.15) is 4.98 Å². The number of ether oxygens (including phenoxy) is 1. The fourth-order valence-electron chi connectivity index (χ4n) is 1.28. The van der Waals surface area contributed by atoms with Crippen LogP contribution in [0.5, 0.6) is 5.75 Å². The number of carbonyl (C=O) groups is 1. The molecule has 0 saturated carbocycles. The molecular formula is C11H10N2O4. The van der Waals surface area contributed by atoms with Gasteiger partial charge in [0.25, 0.3) is 0 Å². The Morgan fingerprint density at radius 3 is 2.71 bits per heavy atom. The van der Waals surface area contributed by atoms with Crippen molar-refractivity contribution in [1.29, 1.82) is 0 Å². The lowest BCUT2D eigenvalue weighted by Crippen LogP contribution is -2.00. The van der Waals surface area contributed by atoms with E-state index in [0.29, 0.717) is 11.6 Å². The summed E-state index contributed by atoms with van der Waals surface area (Å²) in [5.74, 6) is 0.231. The first kappa shape index (κ1) is 11.1. The van der Waals surface area contributed by atoms with Crippen molar-refractivity contribution in [2.45, 2.75) is 13.0 Å². The zero-order valence-corrected chi connectivity index (χ0v) is 8.87. The molecule has 0 fully saturated rings. The first-order valence-electron chi connectivity index (χ1n) is 4.93. The normalized spacial score (nSPS) is 10.1. The van der Waals surface area contributed by atoms with E-state index >= 15 is 0 Å². The summed E-state index contributed by atoms with van der Waals surface area (Å²) in [5, 5.41) is 12.2. The van der Waals surface area contributed by atoms with Gasteiger partial charge >= 0.3 is 5.97 Å². The van der Waals surface area contributed by atoms with Crippen LogP contribution in [0.1, 0.15) is 11.4 Å². The maximum Gasteiger partial charge on any atom is 0.307 e. The Balaban J connectivity index is 1.91. The molecule has 0 aliphatic heterocycles. The van der Waals surface area contributed by atoms with Crippen LogP contribution in [0.2, 0.25) is 0 Å². The Hall–Kier alpha value is -2.37. The van der Waals surface area contributed by atoms with Gasteiger partial charge in [0.1, 0.15) is 5.75 Å². The minimum atomic E-state index is -0.856. The molecule has 0 bridgehead atoms. The number of rotatable bonds is 5. The molecule has 0 saturated heterocycles. The molecule has 1 heterocycles. The van der Waals surface area contributed by atoms with Crippen LogP contribution in [-0.2, 0) is 17.8 Å². The van der Waals surface area contributed by atoms with E-state index in [1.54, 1.807) is 24.3 Å². The molecule has 17 heavy (non-hydrogen) atoms. The van der Waals surface area contributed by atoms with E-state index < -0.39 is 5.97 Å². The summed E-state index contributed by atoms with van der Waals surface area (Å²) in [6.07, 6.45) is 1.24. The van der Waals surface area contributed by atoms with Gasteiger partial charge in [0, 0.05) is 0 Å². The molecule has 1 N–H and O–H groups in total. The number of aliphatic carboxylic acids is 1. The molecule has 2 rings (SSSR count). The molecule has 0 amide bonds. The number of carboxylic acids is 1. The first-order chi connectivity index (χ1) is 8.24. The van der Waals surface area contributed by atoms with E-state index in [-0.39, 0.29) is 13.0 Å². The third-order valence-electron chi connectivity index (χ3n) is 2.05. The molecular weight excluding hydrogens is 224 g/mol. The molecule has 0 radical (unpaired) electrons. The number of hydrogen-bond donors (Lipinski definition) is 1. The van der Waals surface area contributed by atoms with Gasteiger partial charge in [-0.05, 0) is 17.7 Å². The number of nitrogens with zero attached hydrogens (tertiary/aromatic N) is 2. The zero-order chi connectivity index (χ0) is 12.1. The van der Waals surface area contributed by atoms with Crippen LogP contribution >= 0.6 is 0 Å². The van der Waals surface area contributed by atoms with Crippen LogP contribution in [0.25, 0.3) is 0 Å². The Morgan fingerprint density at radius 2 is 2.12 bits per heavy atom. The Kier molecular flexibility index (Phi) is 3.34. The van der Waals surface area contributed by atoms with Crippen LogP contribution in [-0.4, -0.2) is 21.2 Å². The minimum absolute atomic E-state index is 0.00508. The van der Waals surface area contributed by atoms with E-state index in [2.05, 4.69) is 14.7 Å². The van der Waals surface area contributed by atoms with Gasteiger partial charge in [-0.15, -0.1) is 0 Å². The predicted octanol–water partition coefficient (Wildman–Crippen LogP) is 1.28. The predicted molar refractivity (Wildman–Crippen MR) is 56.4 cm³/mol. The van der Waals surface area contributed by atoms with E-state index in [1.807, 2.05) is 0 Å². The van der Waals surface area contributed by atoms with Crippen LogP contribution in [0.15, 0.2) is 35.2 Å². The third-order valence-corrected chi connectivity index (χ3v) is 2.05. The van der Waals surface area contributed by atoms with Crippen molar-refractivity contribution in [3.05, 3.63) is 42.0 Å². The smallest absolute Gasteiger partial charge is 0.307 e. The summed E-state index contributed by atoms with van der Waals surface area (Å²) in [6.45, 7) is 0.217. The zero-order valence-electron chi connectivity index (χ0n) is 8.87. The van der Waals surface area contributed by atoms with E-state index in [9.17, 15) is 4.79 Å². The van der Waals surface area contributed by atoms with Crippen LogP contribution in [0.4, 0.5) is 0 Å². The maximum atomic E-state index is 10.5. The van der Waals surface area contributed by atoms with Crippen molar-refractivity contribution in [2.75, 3.05) is 0 Å². The van der Waals surface area contributed by atoms with Crippen molar-refractivity contribution in [3.63, 3.8) is 0 Å². The minimum Gasteiger partial charge on any atom is -0.485 e.